The molecule has 2 heteroatoms. The van der Waals surface area contributed by atoms with E-state index in [1.165, 1.54) is 0 Å². The lowest BCUT2D eigenvalue weighted by Gasteiger charge is -2.26. The summed E-state index contributed by atoms with van der Waals surface area (Å²) in [5.74, 6) is 0.747. The SMILES string of the molecule is CN(C)CC1CCC(F)CC1. The molecule has 66 valence electrons. The molecule has 0 atom stereocenters. The molecule has 0 saturated heterocycles. The van der Waals surface area contributed by atoms with Gasteiger partial charge in [-0.25, -0.2) is 4.39 Å². The first kappa shape index (κ1) is 8.98. The van der Waals surface area contributed by atoms with Crippen molar-refractivity contribution in [2.45, 2.75) is 31.9 Å². The van der Waals surface area contributed by atoms with E-state index in [4.69, 9.17) is 0 Å². The Bertz CT molecular complexity index is 106. The van der Waals surface area contributed by atoms with E-state index in [9.17, 15) is 4.39 Å². The first-order valence-electron chi connectivity index (χ1n) is 4.47. The predicted octanol–water partition coefficient (Wildman–Crippen LogP) is 2.08. The topological polar surface area (TPSA) is 3.24 Å². The van der Waals surface area contributed by atoms with Gasteiger partial charge in [0.1, 0.15) is 6.17 Å². The molecule has 1 aliphatic carbocycles. The number of hydrogen-bond donors (Lipinski definition) is 0. The maximum absolute atomic E-state index is 12.7. The van der Waals surface area contributed by atoms with Crippen LogP contribution in [0.2, 0.25) is 0 Å². The maximum Gasteiger partial charge on any atom is 0.100 e. The van der Waals surface area contributed by atoms with Crippen LogP contribution >= 0.6 is 0 Å². The Morgan fingerprint density at radius 1 is 1.18 bits per heavy atom. The van der Waals surface area contributed by atoms with E-state index in [1.54, 1.807) is 0 Å². The van der Waals surface area contributed by atoms with Gasteiger partial charge < -0.3 is 4.90 Å². The van der Waals surface area contributed by atoms with Crippen LogP contribution in [0.4, 0.5) is 4.39 Å². The smallest absolute Gasteiger partial charge is 0.100 e. The first-order valence-corrected chi connectivity index (χ1v) is 4.47. The molecule has 0 amide bonds. The van der Waals surface area contributed by atoms with E-state index < -0.39 is 6.17 Å². The summed E-state index contributed by atoms with van der Waals surface area (Å²) < 4.78 is 12.7. The lowest BCUT2D eigenvalue weighted by atomic mass is 9.88. The third kappa shape index (κ3) is 3.19. The fourth-order valence-electron chi connectivity index (χ4n) is 1.82. The van der Waals surface area contributed by atoms with Gasteiger partial charge in [-0.1, -0.05) is 0 Å². The van der Waals surface area contributed by atoms with Gasteiger partial charge in [0, 0.05) is 6.54 Å². The molecule has 0 heterocycles. The zero-order valence-electron chi connectivity index (χ0n) is 7.52. The van der Waals surface area contributed by atoms with Gasteiger partial charge in [-0.2, -0.15) is 0 Å². The highest BCUT2D eigenvalue weighted by Crippen LogP contribution is 2.26. The summed E-state index contributed by atoms with van der Waals surface area (Å²) in [6.45, 7) is 1.13. The summed E-state index contributed by atoms with van der Waals surface area (Å²) in [7, 11) is 4.17. The highest BCUT2D eigenvalue weighted by molar-refractivity contribution is 4.72. The molecule has 1 rings (SSSR count). The highest BCUT2D eigenvalue weighted by atomic mass is 19.1. The quantitative estimate of drug-likeness (QED) is 0.596. The third-order valence-electron chi connectivity index (χ3n) is 2.40. The summed E-state index contributed by atoms with van der Waals surface area (Å²) in [6.07, 6.45) is 3.24. The van der Waals surface area contributed by atoms with E-state index in [-0.39, 0.29) is 0 Å². The number of hydrogen-bond acceptors (Lipinski definition) is 1. The van der Waals surface area contributed by atoms with Crippen LogP contribution in [0, 0.1) is 5.92 Å². The minimum absolute atomic E-state index is 0.506. The summed E-state index contributed by atoms with van der Waals surface area (Å²) >= 11 is 0. The molecule has 1 aliphatic rings. The molecule has 0 bridgehead atoms. The molecule has 0 N–H and O–H groups in total. The van der Waals surface area contributed by atoms with Crippen molar-refractivity contribution in [1.29, 1.82) is 0 Å². The van der Waals surface area contributed by atoms with Crippen molar-refractivity contribution in [2.75, 3.05) is 20.6 Å². The molecule has 0 aliphatic heterocycles. The van der Waals surface area contributed by atoms with E-state index in [1.807, 2.05) is 0 Å². The molecule has 0 aromatic heterocycles. The van der Waals surface area contributed by atoms with Crippen molar-refractivity contribution < 1.29 is 4.39 Å². The Kier molecular flexibility index (Phi) is 3.31. The van der Waals surface area contributed by atoms with Gasteiger partial charge in [0.25, 0.3) is 0 Å². The van der Waals surface area contributed by atoms with Crippen LogP contribution in [0.5, 0.6) is 0 Å². The number of nitrogens with zero attached hydrogens (tertiary/aromatic N) is 1. The average molecular weight is 159 g/mol. The number of halogens is 1. The van der Waals surface area contributed by atoms with E-state index in [2.05, 4.69) is 19.0 Å². The van der Waals surface area contributed by atoms with Gasteiger partial charge in [-0.05, 0) is 45.7 Å². The largest absolute Gasteiger partial charge is 0.309 e. The molecule has 1 fully saturated rings. The third-order valence-corrected chi connectivity index (χ3v) is 2.40. The second-order valence-corrected chi connectivity index (χ2v) is 3.88. The van der Waals surface area contributed by atoms with Crippen LogP contribution in [0.3, 0.4) is 0 Å². The molecule has 0 spiro atoms. The summed E-state index contributed by atoms with van der Waals surface area (Å²) in [5, 5.41) is 0. The van der Waals surface area contributed by atoms with E-state index in [0.29, 0.717) is 0 Å². The molecular weight excluding hydrogens is 141 g/mol. The lowest BCUT2D eigenvalue weighted by molar-refractivity contribution is 0.182. The van der Waals surface area contributed by atoms with Crippen LogP contribution < -0.4 is 0 Å². The summed E-state index contributed by atoms with van der Waals surface area (Å²) in [5.41, 5.74) is 0. The van der Waals surface area contributed by atoms with Crippen LogP contribution in [0.1, 0.15) is 25.7 Å². The Labute approximate surface area is 68.6 Å². The van der Waals surface area contributed by atoms with Crippen molar-refractivity contribution in [3.63, 3.8) is 0 Å². The van der Waals surface area contributed by atoms with Crippen LogP contribution in [-0.2, 0) is 0 Å². The monoisotopic (exact) mass is 159 g/mol. The first-order chi connectivity index (χ1) is 5.18. The zero-order chi connectivity index (χ0) is 8.27. The second-order valence-electron chi connectivity index (χ2n) is 3.88. The second kappa shape index (κ2) is 4.05. The Hall–Kier alpha value is -0.110. The van der Waals surface area contributed by atoms with Crippen molar-refractivity contribution in [3.8, 4) is 0 Å². The van der Waals surface area contributed by atoms with Crippen molar-refractivity contribution in [2.24, 2.45) is 5.92 Å². The molecule has 0 aromatic rings. The lowest BCUT2D eigenvalue weighted by Crippen LogP contribution is -2.26. The average Bonchev–Trinajstić information content (AvgIpc) is 1.93. The van der Waals surface area contributed by atoms with Crippen LogP contribution in [0.25, 0.3) is 0 Å². The van der Waals surface area contributed by atoms with Crippen molar-refractivity contribution in [3.05, 3.63) is 0 Å². The van der Waals surface area contributed by atoms with Gasteiger partial charge in [0.2, 0.25) is 0 Å². The van der Waals surface area contributed by atoms with Gasteiger partial charge in [-0.3, -0.25) is 0 Å². The van der Waals surface area contributed by atoms with Crippen LogP contribution in [-0.4, -0.2) is 31.7 Å². The van der Waals surface area contributed by atoms with Gasteiger partial charge in [-0.15, -0.1) is 0 Å². The number of rotatable bonds is 2. The highest BCUT2D eigenvalue weighted by Gasteiger charge is 2.20. The molecule has 0 radical (unpaired) electrons. The fraction of sp³-hybridized carbons (Fsp3) is 1.00. The minimum atomic E-state index is -0.506. The summed E-state index contributed by atoms with van der Waals surface area (Å²) in [6, 6.07) is 0. The van der Waals surface area contributed by atoms with Gasteiger partial charge >= 0.3 is 0 Å². The van der Waals surface area contributed by atoms with E-state index in [0.717, 1.165) is 38.1 Å². The standard InChI is InChI=1S/C9H18FN/c1-11(2)7-8-3-5-9(10)6-4-8/h8-9H,3-7H2,1-2H3. The zero-order valence-corrected chi connectivity index (χ0v) is 7.52. The van der Waals surface area contributed by atoms with E-state index >= 15 is 0 Å². The van der Waals surface area contributed by atoms with Gasteiger partial charge in [0.05, 0.1) is 0 Å². The molecule has 0 aromatic carbocycles. The Balaban J connectivity index is 2.17. The van der Waals surface area contributed by atoms with Gasteiger partial charge in [0.15, 0.2) is 0 Å². The van der Waals surface area contributed by atoms with Crippen molar-refractivity contribution in [1.82, 2.24) is 4.90 Å². The minimum Gasteiger partial charge on any atom is -0.309 e. The fourth-order valence-corrected chi connectivity index (χ4v) is 1.82. The molecule has 0 unspecified atom stereocenters. The molecule has 1 nitrogen and oxygen atoms in total. The van der Waals surface area contributed by atoms with Crippen LogP contribution in [0.15, 0.2) is 0 Å². The molecule has 11 heavy (non-hydrogen) atoms. The molecule has 1 saturated carbocycles. The Morgan fingerprint density at radius 3 is 2.18 bits per heavy atom. The number of alkyl halides is 1. The summed E-state index contributed by atoms with van der Waals surface area (Å²) in [4.78, 5) is 2.20. The molecular formula is C9H18FN. The maximum atomic E-state index is 12.7. The van der Waals surface area contributed by atoms with Crippen molar-refractivity contribution >= 4 is 0 Å². The Morgan fingerprint density at radius 2 is 1.73 bits per heavy atom. The normalized spacial score (nSPS) is 32.7. The predicted molar refractivity (Wildman–Crippen MR) is 45.4 cm³/mol.